The van der Waals surface area contributed by atoms with Crippen molar-refractivity contribution < 1.29 is 9.53 Å². The van der Waals surface area contributed by atoms with Crippen LogP contribution >= 0.6 is 0 Å². The zero-order chi connectivity index (χ0) is 15.9. The van der Waals surface area contributed by atoms with Crippen LogP contribution < -0.4 is 5.32 Å². The Morgan fingerprint density at radius 2 is 1.83 bits per heavy atom. The van der Waals surface area contributed by atoms with Crippen molar-refractivity contribution in [2.75, 3.05) is 38.2 Å². The van der Waals surface area contributed by atoms with Gasteiger partial charge in [-0.15, -0.1) is 0 Å². The molecule has 120 valence electrons. The summed E-state index contributed by atoms with van der Waals surface area (Å²) in [5.41, 5.74) is 1.78. The number of nitrogens with one attached hydrogen (secondary N) is 1. The number of morpholine rings is 1. The lowest BCUT2D eigenvalue weighted by Crippen LogP contribution is -2.40. The molecule has 1 aromatic heterocycles. The highest BCUT2D eigenvalue weighted by molar-refractivity contribution is 5.93. The van der Waals surface area contributed by atoms with E-state index >= 15 is 0 Å². The normalized spacial score (nSPS) is 14.5. The number of benzene rings is 1. The Bertz CT molecular complexity index is 625. The Morgan fingerprint density at radius 1 is 1.13 bits per heavy atom. The molecular formula is C17H20N4O2. The van der Waals surface area contributed by atoms with E-state index in [1.807, 2.05) is 18.2 Å². The Kier molecular flexibility index (Phi) is 5.16. The van der Waals surface area contributed by atoms with E-state index in [9.17, 15) is 4.79 Å². The number of hydrogen-bond donors (Lipinski definition) is 1. The predicted octanol–water partition coefficient (Wildman–Crippen LogP) is 1.60. The number of rotatable bonds is 5. The van der Waals surface area contributed by atoms with Crippen molar-refractivity contribution in [2.24, 2.45) is 0 Å². The molecule has 1 amide bonds. The van der Waals surface area contributed by atoms with E-state index in [1.54, 1.807) is 17.3 Å². The number of carbonyl (C=O) groups is 1. The van der Waals surface area contributed by atoms with Gasteiger partial charge in [0.1, 0.15) is 0 Å². The Labute approximate surface area is 135 Å². The van der Waals surface area contributed by atoms with E-state index in [0.29, 0.717) is 37.8 Å². The Balaban J connectivity index is 1.51. The molecular weight excluding hydrogens is 292 g/mol. The van der Waals surface area contributed by atoms with Crippen LogP contribution in [0.1, 0.15) is 15.9 Å². The molecule has 0 saturated carbocycles. The fourth-order valence-corrected chi connectivity index (χ4v) is 2.44. The minimum Gasteiger partial charge on any atom is -0.378 e. The molecule has 0 aliphatic carbocycles. The minimum atomic E-state index is -0.0378. The molecule has 0 bridgehead atoms. The van der Waals surface area contributed by atoms with Crippen molar-refractivity contribution in [1.82, 2.24) is 14.9 Å². The van der Waals surface area contributed by atoms with Crippen LogP contribution in [-0.2, 0) is 11.2 Å². The summed E-state index contributed by atoms with van der Waals surface area (Å²) in [6.07, 6.45) is 4.06. The van der Waals surface area contributed by atoms with E-state index in [4.69, 9.17) is 4.74 Å². The highest BCUT2D eigenvalue weighted by Crippen LogP contribution is 2.07. The second kappa shape index (κ2) is 7.69. The lowest BCUT2D eigenvalue weighted by molar-refractivity contribution is 0.0302. The SMILES string of the molecule is O=C(c1cnc(NCCc2ccccc2)nc1)N1CCOCC1. The van der Waals surface area contributed by atoms with E-state index in [0.717, 1.165) is 13.0 Å². The molecule has 6 heteroatoms. The van der Waals surface area contributed by atoms with Crippen LogP contribution in [0.4, 0.5) is 5.95 Å². The molecule has 0 radical (unpaired) electrons. The van der Waals surface area contributed by atoms with E-state index in [1.165, 1.54) is 5.56 Å². The van der Waals surface area contributed by atoms with Gasteiger partial charge in [-0.05, 0) is 12.0 Å². The predicted molar refractivity (Wildman–Crippen MR) is 87.4 cm³/mol. The fourth-order valence-electron chi connectivity index (χ4n) is 2.44. The van der Waals surface area contributed by atoms with Crippen molar-refractivity contribution in [3.8, 4) is 0 Å². The number of amides is 1. The molecule has 1 N–H and O–H groups in total. The van der Waals surface area contributed by atoms with Crippen molar-refractivity contribution in [2.45, 2.75) is 6.42 Å². The van der Waals surface area contributed by atoms with E-state index < -0.39 is 0 Å². The average Bonchev–Trinajstić information content (AvgIpc) is 2.63. The van der Waals surface area contributed by atoms with Gasteiger partial charge in [-0.3, -0.25) is 4.79 Å². The number of aromatic nitrogens is 2. The molecule has 1 aliphatic heterocycles. The molecule has 1 fully saturated rings. The number of carbonyl (C=O) groups excluding carboxylic acids is 1. The molecule has 3 rings (SSSR count). The summed E-state index contributed by atoms with van der Waals surface area (Å²) in [4.78, 5) is 22.5. The van der Waals surface area contributed by atoms with Gasteiger partial charge >= 0.3 is 0 Å². The summed E-state index contributed by atoms with van der Waals surface area (Å²) in [6, 6.07) is 10.2. The maximum Gasteiger partial charge on any atom is 0.257 e. The summed E-state index contributed by atoms with van der Waals surface area (Å²) >= 11 is 0. The largest absolute Gasteiger partial charge is 0.378 e. The summed E-state index contributed by atoms with van der Waals surface area (Å²) in [5.74, 6) is 0.503. The molecule has 0 spiro atoms. The third-order valence-corrected chi connectivity index (χ3v) is 3.74. The van der Waals surface area contributed by atoms with Crippen LogP contribution in [0, 0.1) is 0 Å². The third kappa shape index (κ3) is 4.26. The molecule has 1 aromatic carbocycles. The first-order chi connectivity index (χ1) is 11.3. The van der Waals surface area contributed by atoms with Gasteiger partial charge in [0.2, 0.25) is 5.95 Å². The molecule has 6 nitrogen and oxygen atoms in total. The highest BCUT2D eigenvalue weighted by atomic mass is 16.5. The van der Waals surface area contributed by atoms with Gasteiger partial charge in [0.25, 0.3) is 5.91 Å². The van der Waals surface area contributed by atoms with Crippen molar-refractivity contribution in [1.29, 1.82) is 0 Å². The van der Waals surface area contributed by atoms with Gasteiger partial charge in [0, 0.05) is 32.0 Å². The third-order valence-electron chi connectivity index (χ3n) is 3.74. The van der Waals surface area contributed by atoms with Gasteiger partial charge in [0.15, 0.2) is 0 Å². The Morgan fingerprint density at radius 3 is 2.52 bits per heavy atom. The number of nitrogens with zero attached hydrogens (tertiary/aromatic N) is 3. The van der Waals surface area contributed by atoms with E-state index in [2.05, 4.69) is 27.4 Å². The summed E-state index contributed by atoms with van der Waals surface area (Å²) < 4.78 is 5.25. The lowest BCUT2D eigenvalue weighted by Gasteiger charge is -2.26. The highest BCUT2D eigenvalue weighted by Gasteiger charge is 2.18. The lowest BCUT2D eigenvalue weighted by atomic mass is 10.1. The monoisotopic (exact) mass is 312 g/mol. The van der Waals surface area contributed by atoms with Crippen LogP contribution in [0.3, 0.4) is 0 Å². The van der Waals surface area contributed by atoms with Gasteiger partial charge in [-0.25, -0.2) is 9.97 Å². The van der Waals surface area contributed by atoms with Crippen LogP contribution in [0.5, 0.6) is 0 Å². The summed E-state index contributed by atoms with van der Waals surface area (Å²) in [5, 5.41) is 3.17. The smallest absolute Gasteiger partial charge is 0.257 e. The van der Waals surface area contributed by atoms with Crippen molar-refractivity contribution >= 4 is 11.9 Å². The van der Waals surface area contributed by atoms with Crippen LogP contribution in [0.25, 0.3) is 0 Å². The number of anilines is 1. The summed E-state index contributed by atoms with van der Waals surface area (Å²) in [6.45, 7) is 3.17. The average molecular weight is 312 g/mol. The standard InChI is InChI=1S/C17H20N4O2/c22-16(21-8-10-23-11-9-21)15-12-19-17(20-13-15)18-7-6-14-4-2-1-3-5-14/h1-5,12-13H,6-11H2,(H,18,19,20). The molecule has 0 unspecified atom stereocenters. The first-order valence-corrected chi connectivity index (χ1v) is 7.80. The van der Waals surface area contributed by atoms with E-state index in [-0.39, 0.29) is 5.91 Å². The first kappa shape index (κ1) is 15.4. The maximum absolute atomic E-state index is 12.3. The molecule has 0 atom stereocenters. The first-order valence-electron chi connectivity index (χ1n) is 7.80. The second-order valence-electron chi connectivity index (χ2n) is 5.36. The van der Waals surface area contributed by atoms with Crippen molar-refractivity contribution in [3.05, 3.63) is 53.9 Å². The zero-order valence-electron chi connectivity index (χ0n) is 12.9. The van der Waals surface area contributed by atoms with Gasteiger partial charge in [-0.1, -0.05) is 30.3 Å². The van der Waals surface area contributed by atoms with Gasteiger partial charge in [0.05, 0.1) is 18.8 Å². The molecule has 23 heavy (non-hydrogen) atoms. The molecule has 2 heterocycles. The molecule has 2 aromatic rings. The topological polar surface area (TPSA) is 67.4 Å². The van der Waals surface area contributed by atoms with Crippen LogP contribution in [0.15, 0.2) is 42.7 Å². The van der Waals surface area contributed by atoms with Gasteiger partial charge < -0.3 is 15.0 Å². The fraction of sp³-hybridized carbons (Fsp3) is 0.353. The minimum absolute atomic E-state index is 0.0378. The van der Waals surface area contributed by atoms with Crippen LogP contribution in [0.2, 0.25) is 0 Å². The van der Waals surface area contributed by atoms with Crippen molar-refractivity contribution in [3.63, 3.8) is 0 Å². The molecule has 1 saturated heterocycles. The van der Waals surface area contributed by atoms with Crippen LogP contribution in [-0.4, -0.2) is 53.6 Å². The quantitative estimate of drug-likeness (QED) is 0.908. The Hall–Kier alpha value is -2.47. The zero-order valence-corrected chi connectivity index (χ0v) is 12.9. The second-order valence-corrected chi connectivity index (χ2v) is 5.36. The number of hydrogen-bond acceptors (Lipinski definition) is 5. The number of ether oxygens (including phenoxy) is 1. The molecule has 1 aliphatic rings. The van der Waals surface area contributed by atoms with Gasteiger partial charge in [-0.2, -0.15) is 0 Å². The summed E-state index contributed by atoms with van der Waals surface area (Å²) in [7, 11) is 0. The maximum atomic E-state index is 12.3.